The molecule has 24 heavy (non-hydrogen) atoms. The van der Waals surface area contributed by atoms with E-state index < -0.39 is 5.91 Å². The van der Waals surface area contributed by atoms with Crippen LogP contribution in [0.25, 0.3) is 11.0 Å². The number of fused-ring (bicyclic) bond motifs is 1. The van der Waals surface area contributed by atoms with Crippen molar-refractivity contribution in [2.45, 2.75) is 20.8 Å². The van der Waals surface area contributed by atoms with Gasteiger partial charge in [0.05, 0.1) is 5.39 Å². The molecule has 2 N–H and O–H groups in total. The summed E-state index contributed by atoms with van der Waals surface area (Å²) in [5.41, 5.74) is 7.62. The summed E-state index contributed by atoms with van der Waals surface area (Å²) in [6, 6.07) is 8.20. The number of hydrogen-bond acceptors (Lipinski definition) is 6. The highest BCUT2D eigenvalue weighted by molar-refractivity contribution is 5.93. The Morgan fingerprint density at radius 3 is 2.46 bits per heavy atom. The number of hydrazine groups is 1. The monoisotopic (exact) mass is 324 g/mol. The van der Waals surface area contributed by atoms with Crippen molar-refractivity contribution in [3.8, 4) is 0 Å². The molecule has 0 aliphatic carbocycles. The molecule has 0 radical (unpaired) electrons. The van der Waals surface area contributed by atoms with Crippen molar-refractivity contribution in [1.82, 2.24) is 15.4 Å². The Hall–Kier alpha value is -3.22. The minimum Gasteiger partial charge on any atom is -0.451 e. The van der Waals surface area contributed by atoms with Gasteiger partial charge in [0, 0.05) is 17.5 Å². The summed E-state index contributed by atoms with van der Waals surface area (Å²) in [4.78, 5) is 32.6. The van der Waals surface area contributed by atoms with E-state index >= 15 is 0 Å². The lowest BCUT2D eigenvalue weighted by atomic mass is 10.1. The molecule has 1 aromatic carbocycles. The number of carbonyl (C=O) groups excluding carboxylic acids is 1. The van der Waals surface area contributed by atoms with Crippen LogP contribution in [-0.2, 0) is 0 Å². The Morgan fingerprint density at radius 1 is 1.04 bits per heavy atom. The van der Waals surface area contributed by atoms with Gasteiger partial charge in [-0.1, -0.05) is 11.6 Å². The molecule has 2 heterocycles. The summed E-state index contributed by atoms with van der Waals surface area (Å²) in [7, 11) is 0. The van der Waals surface area contributed by atoms with Crippen LogP contribution in [0.5, 0.6) is 0 Å². The summed E-state index contributed by atoms with van der Waals surface area (Å²) in [5, 5.41) is 0.442. The first kappa shape index (κ1) is 15.7. The van der Waals surface area contributed by atoms with Crippen molar-refractivity contribution in [3.63, 3.8) is 0 Å². The van der Waals surface area contributed by atoms with Gasteiger partial charge in [0.2, 0.25) is 5.95 Å². The Bertz CT molecular complexity index is 975. The zero-order chi connectivity index (χ0) is 17.3. The molecule has 0 aliphatic rings. The predicted molar refractivity (Wildman–Crippen MR) is 89.8 cm³/mol. The molecule has 0 spiro atoms. The number of carbonyl (C=O) groups is 1. The normalized spacial score (nSPS) is 10.6. The van der Waals surface area contributed by atoms with E-state index in [0.717, 1.165) is 17.0 Å². The summed E-state index contributed by atoms with van der Waals surface area (Å²) in [5.74, 6) is -0.412. The van der Waals surface area contributed by atoms with E-state index in [1.54, 1.807) is 12.1 Å². The van der Waals surface area contributed by atoms with Crippen LogP contribution in [0.1, 0.15) is 27.5 Å². The number of anilines is 1. The predicted octanol–water partition coefficient (Wildman–Crippen LogP) is 2.27. The highest BCUT2D eigenvalue weighted by atomic mass is 16.3. The average molecular weight is 324 g/mol. The topological polar surface area (TPSA) is 97.1 Å². The van der Waals surface area contributed by atoms with Crippen LogP contribution in [0.15, 0.2) is 39.5 Å². The van der Waals surface area contributed by atoms with Crippen LogP contribution in [0, 0.1) is 20.8 Å². The quantitative estimate of drug-likeness (QED) is 0.717. The second kappa shape index (κ2) is 6.11. The maximum absolute atomic E-state index is 12.2. The van der Waals surface area contributed by atoms with Gasteiger partial charge in [-0.2, -0.15) is 0 Å². The molecule has 2 aromatic heterocycles. The minimum absolute atomic E-state index is 0.0896. The third kappa shape index (κ3) is 3.24. The third-order valence-electron chi connectivity index (χ3n) is 3.38. The lowest BCUT2D eigenvalue weighted by Gasteiger charge is -2.08. The fraction of sp³-hybridized carbons (Fsp3) is 0.176. The van der Waals surface area contributed by atoms with E-state index in [9.17, 15) is 9.59 Å². The van der Waals surface area contributed by atoms with Gasteiger partial charge in [0.25, 0.3) is 0 Å². The molecule has 1 amide bonds. The number of nitrogens with zero attached hydrogens (tertiary/aromatic N) is 2. The van der Waals surface area contributed by atoms with E-state index in [1.165, 1.54) is 6.07 Å². The largest absolute Gasteiger partial charge is 0.451 e. The summed E-state index contributed by atoms with van der Waals surface area (Å²) in [6.45, 7) is 5.53. The summed E-state index contributed by atoms with van der Waals surface area (Å²) in [6.07, 6.45) is 0. The van der Waals surface area contributed by atoms with Crippen LogP contribution in [0.3, 0.4) is 0 Å². The molecule has 0 aliphatic heterocycles. The second-order valence-electron chi connectivity index (χ2n) is 5.53. The number of rotatable bonds is 3. The zero-order valence-electron chi connectivity index (χ0n) is 13.5. The third-order valence-corrected chi connectivity index (χ3v) is 3.38. The van der Waals surface area contributed by atoms with Gasteiger partial charge in [-0.15, -0.1) is 0 Å². The zero-order valence-corrected chi connectivity index (χ0v) is 13.5. The molecule has 3 aromatic rings. The van der Waals surface area contributed by atoms with Crippen molar-refractivity contribution in [3.05, 3.63) is 63.3 Å². The fourth-order valence-electron chi connectivity index (χ4n) is 2.34. The molecule has 0 atom stereocenters. The first-order chi connectivity index (χ1) is 11.4. The number of benzene rings is 1. The number of hydrogen-bond donors (Lipinski definition) is 2. The Labute approximate surface area is 137 Å². The molecule has 7 heteroatoms. The SMILES string of the molecule is Cc1ccc2oc(C(=O)NNc3nc(C)cc(C)n3)cc(=O)c2c1. The number of nitrogens with one attached hydrogen (secondary N) is 2. The molecule has 122 valence electrons. The first-order valence-electron chi connectivity index (χ1n) is 7.35. The van der Waals surface area contributed by atoms with Gasteiger partial charge in [-0.25, -0.2) is 9.97 Å². The minimum atomic E-state index is -0.586. The summed E-state index contributed by atoms with van der Waals surface area (Å²) < 4.78 is 5.50. The molecule has 0 bridgehead atoms. The number of aromatic nitrogens is 2. The molecule has 0 unspecified atom stereocenters. The van der Waals surface area contributed by atoms with E-state index in [0.29, 0.717) is 11.0 Å². The maximum Gasteiger partial charge on any atom is 0.305 e. The number of amides is 1. The Kier molecular flexibility index (Phi) is 3.99. The van der Waals surface area contributed by atoms with Crippen LogP contribution in [0.2, 0.25) is 0 Å². The van der Waals surface area contributed by atoms with Crippen LogP contribution in [0.4, 0.5) is 5.95 Å². The van der Waals surface area contributed by atoms with Crippen molar-refractivity contribution in [1.29, 1.82) is 0 Å². The lowest BCUT2D eigenvalue weighted by molar-refractivity contribution is 0.0935. The van der Waals surface area contributed by atoms with Gasteiger partial charge in [0.15, 0.2) is 11.2 Å². The molecule has 3 rings (SSSR count). The standard InChI is InChI=1S/C17H16N4O3/c1-9-4-5-14-12(6-9)13(22)8-15(24-14)16(23)20-21-17-18-10(2)7-11(3)19-17/h4-8H,1-3H3,(H,20,23)(H,18,19,21). The van der Waals surface area contributed by atoms with Crippen molar-refractivity contribution in [2.24, 2.45) is 0 Å². The van der Waals surface area contributed by atoms with E-state index in [2.05, 4.69) is 20.8 Å². The van der Waals surface area contributed by atoms with Crippen molar-refractivity contribution >= 4 is 22.8 Å². The van der Waals surface area contributed by atoms with Crippen LogP contribution < -0.4 is 16.3 Å². The first-order valence-corrected chi connectivity index (χ1v) is 7.35. The molecule has 0 fully saturated rings. The molecule has 7 nitrogen and oxygen atoms in total. The van der Waals surface area contributed by atoms with Gasteiger partial charge in [0.1, 0.15) is 5.58 Å². The lowest BCUT2D eigenvalue weighted by Crippen LogP contribution is -2.31. The molecular formula is C17H16N4O3. The highest BCUT2D eigenvalue weighted by Crippen LogP contribution is 2.14. The highest BCUT2D eigenvalue weighted by Gasteiger charge is 2.13. The molecule has 0 saturated carbocycles. The van der Waals surface area contributed by atoms with E-state index in [1.807, 2.05) is 32.9 Å². The second-order valence-corrected chi connectivity index (χ2v) is 5.53. The van der Waals surface area contributed by atoms with Gasteiger partial charge < -0.3 is 4.42 Å². The summed E-state index contributed by atoms with van der Waals surface area (Å²) >= 11 is 0. The number of aryl methyl sites for hydroxylation is 3. The van der Waals surface area contributed by atoms with Crippen LogP contribution >= 0.6 is 0 Å². The maximum atomic E-state index is 12.2. The fourth-order valence-corrected chi connectivity index (χ4v) is 2.34. The van der Waals surface area contributed by atoms with Crippen molar-refractivity contribution < 1.29 is 9.21 Å². The van der Waals surface area contributed by atoms with Crippen molar-refractivity contribution in [2.75, 3.05) is 5.43 Å². The Morgan fingerprint density at radius 2 is 1.75 bits per heavy atom. The van der Waals surface area contributed by atoms with Gasteiger partial charge >= 0.3 is 5.91 Å². The van der Waals surface area contributed by atoms with E-state index in [4.69, 9.17) is 4.42 Å². The van der Waals surface area contributed by atoms with E-state index in [-0.39, 0.29) is 17.1 Å². The Balaban J connectivity index is 1.83. The van der Waals surface area contributed by atoms with Gasteiger partial charge in [-0.05, 0) is 39.0 Å². The molecule has 0 saturated heterocycles. The average Bonchev–Trinajstić information content (AvgIpc) is 2.52. The van der Waals surface area contributed by atoms with Crippen LogP contribution in [-0.4, -0.2) is 15.9 Å². The smallest absolute Gasteiger partial charge is 0.305 e. The van der Waals surface area contributed by atoms with Gasteiger partial charge in [-0.3, -0.25) is 20.4 Å². The molecular weight excluding hydrogens is 308 g/mol.